The highest BCUT2D eigenvalue weighted by molar-refractivity contribution is 6.31. The van der Waals surface area contributed by atoms with Crippen molar-refractivity contribution in [1.29, 1.82) is 0 Å². The van der Waals surface area contributed by atoms with Crippen molar-refractivity contribution >= 4 is 29.1 Å². The van der Waals surface area contributed by atoms with E-state index in [2.05, 4.69) is 20.6 Å². The first-order chi connectivity index (χ1) is 12.6. The van der Waals surface area contributed by atoms with Gasteiger partial charge in [-0.05, 0) is 37.0 Å². The second-order valence-electron chi connectivity index (χ2n) is 6.45. The minimum Gasteiger partial charge on any atom is -0.352 e. The van der Waals surface area contributed by atoms with Crippen LogP contribution in [0.25, 0.3) is 0 Å². The van der Waals surface area contributed by atoms with Gasteiger partial charge in [0, 0.05) is 24.0 Å². The van der Waals surface area contributed by atoms with Crippen molar-refractivity contribution < 1.29 is 9.59 Å². The van der Waals surface area contributed by atoms with Gasteiger partial charge in [0.2, 0.25) is 0 Å². The lowest BCUT2D eigenvalue weighted by atomic mass is 9.89. The van der Waals surface area contributed by atoms with E-state index in [9.17, 15) is 9.59 Å². The molecule has 0 spiro atoms. The summed E-state index contributed by atoms with van der Waals surface area (Å²) in [5.41, 5.74) is 0.910. The minimum atomic E-state index is -0.429. The van der Waals surface area contributed by atoms with E-state index in [-0.39, 0.29) is 11.6 Å². The van der Waals surface area contributed by atoms with E-state index in [0.717, 1.165) is 12.8 Å². The minimum absolute atomic E-state index is 0.177. The van der Waals surface area contributed by atoms with Crippen LogP contribution in [0, 0.1) is 5.92 Å². The van der Waals surface area contributed by atoms with Crippen LogP contribution in [0.2, 0.25) is 5.02 Å². The molecular formula is C19H21ClN4O2. The van der Waals surface area contributed by atoms with Crippen LogP contribution in [0.5, 0.6) is 0 Å². The second-order valence-corrected chi connectivity index (χ2v) is 6.89. The molecule has 3 rings (SSSR count). The number of aromatic nitrogens is 2. The predicted molar refractivity (Wildman–Crippen MR) is 100 cm³/mol. The molecule has 1 aliphatic carbocycles. The number of anilines is 1. The Labute approximate surface area is 157 Å². The van der Waals surface area contributed by atoms with Crippen LogP contribution in [-0.2, 0) is 0 Å². The molecule has 2 aromatic rings. The van der Waals surface area contributed by atoms with Gasteiger partial charge in [-0.15, -0.1) is 0 Å². The standard InChI is InChI=1S/C19H21ClN4O2/c20-14-6-7-16(24-19(26)17-12-21-8-9-22-17)15(10-14)18(25)23-11-13-4-2-1-3-5-13/h6-10,12-13H,1-5,11H2,(H,23,25)(H,24,26). The molecule has 0 aliphatic heterocycles. The first kappa shape index (κ1) is 18.3. The summed E-state index contributed by atoms with van der Waals surface area (Å²) < 4.78 is 0. The molecule has 1 heterocycles. The fourth-order valence-electron chi connectivity index (χ4n) is 3.14. The van der Waals surface area contributed by atoms with Gasteiger partial charge in [0.15, 0.2) is 0 Å². The van der Waals surface area contributed by atoms with E-state index < -0.39 is 5.91 Å². The average molecular weight is 373 g/mol. The molecule has 6 nitrogen and oxygen atoms in total. The van der Waals surface area contributed by atoms with E-state index in [1.165, 1.54) is 37.9 Å². The zero-order valence-electron chi connectivity index (χ0n) is 14.4. The van der Waals surface area contributed by atoms with Crippen molar-refractivity contribution in [3.63, 3.8) is 0 Å². The molecule has 2 N–H and O–H groups in total. The van der Waals surface area contributed by atoms with Gasteiger partial charge >= 0.3 is 0 Å². The fourth-order valence-corrected chi connectivity index (χ4v) is 3.31. The molecule has 1 fully saturated rings. The maximum atomic E-state index is 12.6. The number of amides is 2. The molecule has 0 unspecified atom stereocenters. The Kier molecular flexibility index (Phi) is 6.17. The van der Waals surface area contributed by atoms with Gasteiger partial charge < -0.3 is 10.6 Å². The summed E-state index contributed by atoms with van der Waals surface area (Å²) in [6, 6.07) is 4.81. The van der Waals surface area contributed by atoms with Crippen LogP contribution in [0.1, 0.15) is 53.0 Å². The molecule has 0 radical (unpaired) electrons. The molecule has 0 saturated heterocycles. The van der Waals surface area contributed by atoms with Gasteiger partial charge in [-0.1, -0.05) is 30.9 Å². The van der Waals surface area contributed by atoms with Gasteiger partial charge in [0.1, 0.15) is 5.69 Å². The normalized spacial score (nSPS) is 14.7. The van der Waals surface area contributed by atoms with Crippen LogP contribution < -0.4 is 10.6 Å². The van der Waals surface area contributed by atoms with Gasteiger partial charge in [-0.25, -0.2) is 4.98 Å². The van der Waals surface area contributed by atoms with Crippen molar-refractivity contribution in [3.05, 3.63) is 53.1 Å². The number of nitrogens with one attached hydrogen (secondary N) is 2. The van der Waals surface area contributed by atoms with Crippen LogP contribution in [-0.4, -0.2) is 28.3 Å². The Bertz CT molecular complexity index is 776. The van der Waals surface area contributed by atoms with Gasteiger partial charge in [0.05, 0.1) is 17.4 Å². The number of nitrogens with zero attached hydrogens (tertiary/aromatic N) is 2. The molecule has 136 valence electrons. The first-order valence-electron chi connectivity index (χ1n) is 8.78. The van der Waals surface area contributed by atoms with Crippen molar-refractivity contribution in [2.24, 2.45) is 5.92 Å². The average Bonchev–Trinajstić information content (AvgIpc) is 2.69. The summed E-state index contributed by atoms with van der Waals surface area (Å²) >= 11 is 6.05. The highest BCUT2D eigenvalue weighted by atomic mass is 35.5. The highest BCUT2D eigenvalue weighted by Gasteiger charge is 2.18. The van der Waals surface area contributed by atoms with Gasteiger partial charge in [-0.2, -0.15) is 0 Å². The smallest absolute Gasteiger partial charge is 0.275 e. The second kappa shape index (κ2) is 8.76. The quantitative estimate of drug-likeness (QED) is 0.838. The lowest BCUT2D eigenvalue weighted by molar-refractivity contribution is 0.0944. The summed E-state index contributed by atoms with van der Waals surface area (Å²) in [4.78, 5) is 32.8. The number of carbonyl (C=O) groups is 2. The zero-order valence-corrected chi connectivity index (χ0v) is 15.1. The molecule has 0 bridgehead atoms. The number of halogens is 1. The van der Waals surface area contributed by atoms with Crippen LogP contribution in [0.15, 0.2) is 36.8 Å². The monoisotopic (exact) mass is 372 g/mol. The van der Waals surface area contributed by atoms with E-state index >= 15 is 0 Å². The lowest BCUT2D eigenvalue weighted by Gasteiger charge is -2.22. The third kappa shape index (κ3) is 4.79. The third-order valence-electron chi connectivity index (χ3n) is 4.55. The van der Waals surface area contributed by atoms with Crippen LogP contribution >= 0.6 is 11.6 Å². The van der Waals surface area contributed by atoms with E-state index in [1.54, 1.807) is 18.2 Å². The SMILES string of the molecule is O=C(Nc1ccc(Cl)cc1C(=O)NCC1CCCCC1)c1cnccn1. The predicted octanol–water partition coefficient (Wildman–Crippen LogP) is 3.69. The Morgan fingerprint density at radius 2 is 1.92 bits per heavy atom. The summed E-state index contributed by atoms with van der Waals surface area (Å²) in [6.45, 7) is 0.642. The number of hydrogen-bond acceptors (Lipinski definition) is 4. The van der Waals surface area contributed by atoms with Crippen molar-refractivity contribution in [1.82, 2.24) is 15.3 Å². The Morgan fingerprint density at radius 1 is 1.12 bits per heavy atom. The summed E-state index contributed by atoms with van der Waals surface area (Å²) in [6.07, 6.45) is 10.3. The first-order valence-corrected chi connectivity index (χ1v) is 9.16. The number of carbonyl (C=O) groups excluding carboxylic acids is 2. The molecule has 0 atom stereocenters. The zero-order chi connectivity index (χ0) is 18.4. The van der Waals surface area contributed by atoms with E-state index in [1.807, 2.05) is 0 Å². The molecular weight excluding hydrogens is 352 g/mol. The van der Waals surface area contributed by atoms with Crippen molar-refractivity contribution in [2.75, 3.05) is 11.9 Å². The fraction of sp³-hybridized carbons (Fsp3) is 0.368. The maximum Gasteiger partial charge on any atom is 0.275 e. The third-order valence-corrected chi connectivity index (χ3v) is 4.78. The van der Waals surface area contributed by atoms with Gasteiger partial charge in [0.25, 0.3) is 11.8 Å². The largest absolute Gasteiger partial charge is 0.352 e. The Balaban J connectivity index is 1.70. The highest BCUT2D eigenvalue weighted by Crippen LogP contribution is 2.24. The van der Waals surface area contributed by atoms with E-state index in [0.29, 0.717) is 28.7 Å². The molecule has 1 aromatic carbocycles. The topological polar surface area (TPSA) is 84.0 Å². The Hall–Kier alpha value is -2.47. The van der Waals surface area contributed by atoms with Crippen molar-refractivity contribution in [3.8, 4) is 0 Å². The van der Waals surface area contributed by atoms with Crippen LogP contribution in [0.4, 0.5) is 5.69 Å². The summed E-state index contributed by atoms with van der Waals surface area (Å²) in [7, 11) is 0. The summed E-state index contributed by atoms with van der Waals surface area (Å²) in [5.74, 6) is -0.154. The Morgan fingerprint density at radius 3 is 2.65 bits per heavy atom. The lowest BCUT2D eigenvalue weighted by Crippen LogP contribution is -2.31. The molecule has 1 aromatic heterocycles. The number of benzene rings is 1. The molecule has 26 heavy (non-hydrogen) atoms. The number of rotatable bonds is 5. The number of hydrogen-bond donors (Lipinski definition) is 2. The van der Waals surface area contributed by atoms with E-state index in [4.69, 9.17) is 11.6 Å². The molecule has 2 amide bonds. The van der Waals surface area contributed by atoms with Gasteiger partial charge in [-0.3, -0.25) is 14.6 Å². The summed E-state index contributed by atoms with van der Waals surface area (Å²) in [5, 5.41) is 6.12. The van der Waals surface area contributed by atoms with Crippen molar-refractivity contribution in [2.45, 2.75) is 32.1 Å². The maximum absolute atomic E-state index is 12.6. The molecule has 1 aliphatic rings. The van der Waals surface area contributed by atoms with Crippen LogP contribution in [0.3, 0.4) is 0 Å². The molecule has 7 heteroatoms. The molecule has 1 saturated carbocycles.